The third kappa shape index (κ3) is 5.49. The van der Waals surface area contributed by atoms with Crippen LogP contribution >= 0.6 is 11.8 Å². The predicted molar refractivity (Wildman–Crippen MR) is 71.1 cm³/mol. The minimum atomic E-state index is -2.48. The summed E-state index contributed by atoms with van der Waals surface area (Å²) < 4.78 is 24.7. The molecule has 0 spiro atoms. The highest BCUT2D eigenvalue weighted by molar-refractivity contribution is 7.99. The summed E-state index contributed by atoms with van der Waals surface area (Å²) in [6.07, 6.45) is 3.31. The van der Waals surface area contributed by atoms with Crippen molar-refractivity contribution in [1.29, 1.82) is 0 Å². The van der Waals surface area contributed by atoms with Crippen LogP contribution in [0.15, 0.2) is 29.2 Å². The average Bonchev–Trinajstić information content (AvgIpc) is 2.31. The minimum Gasteiger partial charge on any atom is -0.325 e. The van der Waals surface area contributed by atoms with Crippen molar-refractivity contribution >= 4 is 23.4 Å². The number of nitrogens with one attached hydrogen (secondary N) is 1. The van der Waals surface area contributed by atoms with E-state index in [1.807, 2.05) is 0 Å². The van der Waals surface area contributed by atoms with Crippen molar-refractivity contribution in [3.8, 4) is 0 Å². The molecule has 0 unspecified atom stereocenters. The molecule has 0 fully saturated rings. The molecule has 0 aliphatic rings. The van der Waals surface area contributed by atoms with E-state index in [1.165, 1.54) is 0 Å². The van der Waals surface area contributed by atoms with Crippen molar-refractivity contribution in [1.82, 2.24) is 0 Å². The lowest BCUT2D eigenvalue weighted by molar-refractivity contribution is -0.116. The zero-order valence-electron chi connectivity index (χ0n) is 10.3. The number of unbranched alkanes of at least 4 members (excludes halogenated alkanes) is 2. The van der Waals surface area contributed by atoms with Crippen molar-refractivity contribution < 1.29 is 13.6 Å². The fraction of sp³-hybridized carbons (Fsp3) is 0.462. The topological polar surface area (TPSA) is 29.1 Å². The second kappa shape index (κ2) is 8.08. The van der Waals surface area contributed by atoms with E-state index >= 15 is 0 Å². The van der Waals surface area contributed by atoms with Gasteiger partial charge in [0.1, 0.15) is 0 Å². The van der Waals surface area contributed by atoms with Crippen LogP contribution in [0.4, 0.5) is 14.5 Å². The summed E-state index contributed by atoms with van der Waals surface area (Å²) in [4.78, 5) is 12.0. The zero-order valence-corrected chi connectivity index (χ0v) is 11.1. The number of anilines is 1. The second-order valence-electron chi connectivity index (χ2n) is 3.88. The van der Waals surface area contributed by atoms with Gasteiger partial charge in [-0.05, 0) is 18.6 Å². The first-order valence-electron chi connectivity index (χ1n) is 5.97. The van der Waals surface area contributed by atoms with Crippen molar-refractivity contribution in [2.24, 2.45) is 0 Å². The highest BCUT2D eigenvalue weighted by Crippen LogP contribution is 2.31. The third-order valence-electron chi connectivity index (χ3n) is 2.38. The Bertz CT molecular complexity index is 385. The first-order chi connectivity index (χ1) is 8.63. The Morgan fingerprint density at radius 3 is 2.72 bits per heavy atom. The zero-order chi connectivity index (χ0) is 13.4. The normalized spacial score (nSPS) is 10.7. The van der Waals surface area contributed by atoms with Crippen LogP contribution in [0, 0.1) is 0 Å². The van der Waals surface area contributed by atoms with Crippen LogP contribution in [-0.2, 0) is 4.79 Å². The molecule has 1 aromatic rings. The summed E-state index contributed by atoms with van der Waals surface area (Å²) in [6, 6.07) is 6.62. The molecule has 0 saturated heterocycles. The molecule has 0 heterocycles. The van der Waals surface area contributed by atoms with Gasteiger partial charge in [0.25, 0.3) is 5.76 Å². The van der Waals surface area contributed by atoms with Gasteiger partial charge in [-0.3, -0.25) is 4.79 Å². The van der Waals surface area contributed by atoms with Gasteiger partial charge in [-0.25, -0.2) is 0 Å². The lowest BCUT2D eigenvalue weighted by Gasteiger charge is -2.10. The lowest BCUT2D eigenvalue weighted by Crippen LogP contribution is -2.11. The number of alkyl halides is 2. The predicted octanol–water partition coefficient (Wildman–Crippen LogP) is 4.52. The number of rotatable bonds is 7. The van der Waals surface area contributed by atoms with Crippen LogP contribution in [0.3, 0.4) is 0 Å². The maximum Gasteiger partial charge on any atom is 0.288 e. The monoisotopic (exact) mass is 273 g/mol. The SMILES string of the molecule is CCCCCC(=O)Nc1ccccc1SC(F)F. The Hall–Kier alpha value is -1.10. The lowest BCUT2D eigenvalue weighted by atomic mass is 10.2. The summed E-state index contributed by atoms with van der Waals surface area (Å²) in [7, 11) is 0. The molecule has 0 saturated carbocycles. The van der Waals surface area contributed by atoms with E-state index in [0.29, 0.717) is 28.8 Å². The Morgan fingerprint density at radius 1 is 1.33 bits per heavy atom. The van der Waals surface area contributed by atoms with E-state index in [9.17, 15) is 13.6 Å². The number of carbonyl (C=O) groups is 1. The average molecular weight is 273 g/mol. The second-order valence-corrected chi connectivity index (χ2v) is 4.91. The number of thioether (sulfide) groups is 1. The van der Waals surface area contributed by atoms with E-state index in [-0.39, 0.29) is 5.91 Å². The number of amides is 1. The molecule has 100 valence electrons. The highest BCUT2D eigenvalue weighted by Gasteiger charge is 2.11. The molecule has 0 atom stereocenters. The van der Waals surface area contributed by atoms with Crippen LogP contribution in [-0.4, -0.2) is 11.7 Å². The van der Waals surface area contributed by atoms with Crippen molar-refractivity contribution in [2.45, 2.75) is 43.3 Å². The highest BCUT2D eigenvalue weighted by atomic mass is 32.2. The fourth-order valence-corrected chi connectivity index (χ4v) is 2.11. The molecule has 1 amide bonds. The van der Waals surface area contributed by atoms with Crippen molar-refractivity contribution in [3.05, 3.63) is 24.3 Å². The maximum atomic E-state index is 12.3. The van der Waals surface area contributed by atoms with Crippen LogP contribution in [0.5, 0.6) is 0 Å². The van der Waals surface area contributed by atoms with Crippen LogP contribution in [0.2, 0.25) is 0 Å². The Morgan fingerprint density at radius 2 is 2.06 bits per heavy atom. The smallest absolute Gasteiger partial charge is 0.288 e. The molecule has 1 aromatic carbocycles. The van der Waals surface area contributed by atoms with Gasteiger partial charge in [0, 0.05) is 11.3 Å². The van der Waals surface area contributed by atoms with Crippen LogP contribution in [0.25, 0.3) is 0 Å². The number of hydrogen-bond donors (Lipinski definition) is 1. The molecule has 1 rings (SSSR count). The molecule has 0 radical (unpaired) electrons. The van der Waals surface area contributed by atoms with Crippen molar-refractivity contribution in [2.75, 3.05) is 5.32 Å². The molecule has 0 aromatic heterocycles. The number of hydrogen-bond acceptors (Lipinski definition) is 2. The Labute approximate surface area is 110 Å². The van der Waals surface area contributed by atoms with E-state index in [4.69, 9.17) is 0 Å². The Kier molecular flexibility index (Phi) is 6.72. The minimum absolute atomic E-state index is 0.120. The van der Waals surface area contributed by atoms with Crippen LogP contribution < -0.4 is 5.32 Å². The molecule has 5 heteroatoms. The van der Waals surface area contributed by atoms with Crippen LogP contribution in [0.1, 0.15) is 32.6 Å². The first-order valence-corrected chi connectivity index (χ1v) is 6.85. The summed E-state index contributed by atoms with van der Waals surface area (Å²) in [5.74, 6) is -2.60. The molecule has 0 aliphatic carbocycles. The maximum absolute atomic E-state index is 12.3. The standard InChI is InChI=1S/C13H17F2NOS/c1-2-3-4-9-12(17)16-10-7-5-6-8-11(10)18-13(14)15/h5-8,13H,2-4,9H2,1H3,(H,16,17). The van der Waals surface area contributed by atoms with Gasteiger partial charge in [-0.2, -0.15) is 8.78 Å². The van der Waals surface area contributed by atoms with E-state index in [2.05, 4.69) is 12.2 Å². The van der Waals surface area contributed by atoms with E-state index in [0.717, 1.165) is 19.3 Å². The molecular weight excluding hydrogens is 256 g/mol. The van der Waals surface area contributed by atoms with Gasteiger partial charge in [0.05, 0.1) is 5.69 Å². The molecule has 0 bridgehead atoms. The van der Waals surface area contributed by atoms with Gasteiger partial charge >= 0.3 is 0 Å². The van der Waals surface area contributed by atoms with Crippen molar-refractivity contribution in [3.63, 3.8) is 0 Å². The number of benzene rings is 1. The molecule has 2 nitrogen and oxygen atoms in total. The Balaban J connectivity index is 2.57. The van der Waals surface area contributed by atoms with Gasteiger partial charge in [-0.1, -0.05) is 43.7 Å². The fourth-order valence-electron chi connectivity index (χ4n) is 1.52. The molecular formula is C13H17F2NOS. The van der Waals surface area contributed by atoms with Gasteiger partial charge in [-0.15, -0.1) is 0 Å². The summed E-state index contributed by atoms with van der Waals surface area (Å²) in [5.41, 5.74) is 0.462. The number of para-hydroxylation sites is 1. The molecule has 18 heavy (non-hydrogen) atoms. The quantitative estimate of drug-likeness (QED) is 0.584. The molecule has 0 aliphatic heterocycles. The largest absolute Gasteiger partial charge is 0.325 e. The van der Waals surface area contributed by atoms with E-state index < -0.39 is 5.76 Å². The first kappa shape index (κ1) is 15.0. The number of carbonyl (C=O) groups excluding carboxylic acids is 1. The van der Waals surface area contributed by atoms with E-state index in [1.54, 1.807) is 24.3 Å². The summed E-state index contributed by atoms with van der Waals surface area (Å²) in [6.45, 7) is 2.06. The summed E-state index contributed by atoms with van der Waals surface area (Å²) >= 11 is 0.447. The summed E-state index contributed by atoms with van der Waals surface area (Å²) in [5, 5.41) is 2.68. The number of halogens is 2. The van der Waals surface area contributed by atoms with Gasteiger partial charge < -0.3 is 5.32 Å². The third-order valence-corrected chi connectivity index (χ3v) is 3.17. The van der Waals surface area contributed by atoms with Gasteiger partial charge in [0.15, 0.2) is 0 Å². The van der Waals surface area contributed by atoms with Gasteiger partial charge in [0.2, 0.25) is 5.91 Å². The molecule has 1 N–H and O–H groups in total.